The van der Waals surface area contributed by atoms with Gasteiger partial charge in [0.05, 0.1) is 46.8 Å². The molecule has 0 aliphatic carbocycles. The van der Waals surface area contributed by atoms with E-state index in [1.165, 1.54) is 46.8 Å². The van der Waals surface area contributed by atoms with Crippen LogP contribution >= 0.6 is 0 Å². The Morgan fingerprint density at radius 1 is 0.903 bits per heavy atom. The number of hydrogen-bond donors (Lipinski definition) is 2. The molecule has 0 aromatic heterocycles. The normalized spacial score (nSPS) is 10.3. The lowest BCUT2D eigenvalue weighted by Crippen LogP contribution is -2.34. The molecule has 164 valence electrons. The Bertz CT molecular complexity index is 946. The topological polar surface area (TPSA) is 125 Å². The summed E-state index contributed by atoms with van der Waals surface area (Å²) in [5.41, 5.74) is 3.60. The second-order valence-electron chi connectivity index (χ2n) is 6.00. The zero-order valence-corrected chi connectivity index (χ0v) is 17.6. The van der Waals surface area contributed by atoms with Crippen molar-refractivity contribution < 1.29 is 33.3 Å². The van der Waals surface area contributed by atoms with Crippen LogP contribution in [0, 0.1) is 0 Å². The number of carbonyl (C=O) groups excluding carboxylic acids is 3. The van der Waals surface area contributed by atoms with Gasteiger partial charge in [-0.1, -0.05) is 12.1 Å². The average molecular weight is 429 g/mol. The lowest BCUT2D eigenvalue weighted by molar-refractivity contribution is -0.120. The van der Waals surface area contributed by atoms with Crippen molar-refractivity contribution in [1.29, 1.82) is 0 Å². The van der Waals surface area contributed by atoms with E-state index >= 15 is 0 Å². The van der Waals surface area contributed by atoms with Crippen molar-refractivity contribution in [3.8, 4) is 17.2 Å². The summed E-state index contributed by atoms with van der Waals surface area (Å²) >= 11 is 0. The molecule has 2 N–H and O–H groups in total. The summed E-state index contributed by atoms with van der Waals surface area (Å²) in [6.45, 7) is -0.298. The minimum Gasteiger partial charge on any atom is -0.493 e. The van der Waals surface area contributed by atoms with Crippen molar-refractivity contribution in [2.45, 2.75) is 0 Å². The average Bonchev–Trinajstić information content (AvgIpc) is 2.81. The van der Waals surface area contributed by atoms with Gasteiger partial charge in [-0.25, -0.2) is 10.2 Å². The molecule has 2 aromatic rings. The predicted octanol–water partition coefficient (Wildman–Crippen LogP) is 1.38. The quantitative estimate of drug-likeness (QED) is 0.350. The Balaban J connectivity index is 1.91. The van der Waals surface area contributed by atoms with Crippen molar-refractivity contribution in [2.24, 2.45) is 5.10 Å². The molecule has 10 heteroatoms. The Hall–Kier alpha value is -4.08. The van der Waals surface area contributed by atoms with E-state index in [0.717, 1.165) is 0 Å². The van der Waals surface area contributed by atoms with E-state index in [1.54, 1.807) is 24.3 Å². The number of esters is 1. The van der Waals surface area contributed by atoms with Crippen LogP contribution in [0.4, 0.5) is 0 Å². The maximum atomic E-state index is 12.4. The van der Waals surface area contributed by atoms with Gasteiger partial charge in [0.15, 0.2) is 11.5 Å². The summed E-state index contributed by atoms with van der Waals surface area (Å²) in [5, 5.41) is 6.30. The Kier molecular flexibility index (Phi) is 8.38. The first-order valence-electron chi connectivity index (χ1n) is 9.02. The third-order valence-corrected chi connectivity index (χ3v) is 4.07. The number of ether oxygens (including phenoxy) is 4. The fourth-order valence-corrected chi connectivity index (χ4v) is 2.52. The molecule has 0 fully saturated rings. The Morgan fingerprint density at radius 2 is 1.52 bits per heavy atom. The fourth-order valence-electron chi connectivity index (χ4n) is 2.52. The van der Waals surface area contributed by atoms with Gasteiger partial charge in [0.2, 0.25) is 5.75 Å². The molecule has 0 spiro atoms. The molecule has 0 saturated carbocycles. The smallest absolute Gasteiger partial charge is 0.337 e. The largest absolute Gasteiger partial charge is 0.493 e. The molecule has 2 amide bonds. The molecule has 0 aliphatic heterocycles. The lowest BCUT2D eigenvalue weighted by atomic mass is 10.1. The van der Waals surface area contributed by atoms with Gasteiger partial charge >= 0.3 is 5.97 Å². The molecular formula is C21H23N3O7. The highest BCUT2D eigenvalue weighted by Gasteiger charge is 2.17. The summed E-state index contributed by atoms with van der Waals surface area (Å²) in [6, 6.07) is 9.40. The molecule has 0 atom stereocenters. The van der Waals surface area contributed by atoms with Gasteiger partial charge < -0.3 is 24.3 Å². The Labute approximate surface area is 179 Å². The maximum Gasteiger partial charge on any atom is 0.337 e. The van der Waals surface area contributed by atoms with E-state index in [-0.39, 0.29) is 12.1 Å². The summed E-state index contributed by atoms with van der Waals surface area (Å²) in [5.74, 6) is -0.480. The van der Waals surface area contributed by atoms with Crippen molar-refractivity contribution >= 4 is 24.0 Å². The van der Waals surface area contributed by atoms with Gasteiger partial charge in [-0.15, -0.1) is 0 Å². The predicted molar refractivity (Wildman–Crippen MR) is 112 cm³/mol. The van der Waals surface area contributed by atoms with Crippen LogP contribution < -0.4 is 25.0 Å². The van der Waals surface area contributed by atoms with Crippen LogP contribution in [-0.4, -0.2) is 59.0 Å². The van der Waals surface area contributed by atoms with E-state index in [9.17, 15) is 14.4 Å². The van der Waals surface area contributed by atoms with Crippen LogP contribution in [0.2, 0.25) is 0 Å². The van der Waals surface area contributed by atoms with E-state index in [4.69, 9.17) is 14.2 Å². The molecule has 0 heterocycles. The number of methoxy groups -OCH3 is 4. The minimum atomic E-state index is -0.525. The van der Waals surface area contributed by atoms with Crippen LogP contribution in [0.5, 0.6) is 17.2 Å². The molecule has 0 aliphatic rings. The molecule has 2 aromatic carbocycles. The third kappa shape index (κ3) is 6.20. The van der Waals surface area contributed by atoms with Crippen molar-refractivity contribution in [2.75, 3.05) is 35.0 Å². The van der Waals surface area contributed by atoms with Crippen LogP contribution in [0.25, 0.3) is 0 Å². The highest BCUT2D eigenvalue weighted by atomic mass is 16.5. The van der Waals surface area contributed by atoms with Crippen LogP contribution in [0.1, 0.15) is 26.3 Å². The number of nitrogens with one attached hydrogen (secondary N) is 2. The second-order valence-corrected chi connectivity index (χ2v) is 6.00. The maximum absolute atomic E-state index is 12.4. The molecule has 0 bridgehead atoms. The first-order valence-corrected chi connectivity index (χ1v) is 9.02. The van der Waals surface area contributed by atoms with Gasteiger partial charge in [-0.2, -0.15) is 5.10 Å². The van der Waals surface area contributed by atoms with E-state index in [0.29, 0.717) is 28.4 Å². The number of amides is 2. The molecular weight excluding hydrogens is 406 g/mol. The van der Waals surface area contributed by atoms with Crippen molar-refractivity contribution in [1.82, 2.24) is 10.7 Å². The number of nitrogens with zero attached hydrogens (tertiary/aromatic N) is 1. The minimum absolute atomic E-state index is 0.233. The number of hydrogen-bond acceptors (Lipinski definition) is 8. The fraction of sp³-hybridized carbons (Fsp3) is 0.238. The highest BCUT2D eigenvalue weighted by Crippen LogP contribution is 2.38. The van der Waals surface area contributed by atoms with Crippen LogP contribution in [0.15, 0.2) is 41.5 Å². The van der Waals surface area contributed by atoms with Gasteiger partial charge in [0, 0.05) is 5.56 Å². The van der Waals surface area contributed by atoms with Gasteiger partial charge in [0.1, 0.15) is 0 Å². The van der Waals surface area contributed by atoms with E-state index in [1.807, 2.05) is 0 Å². The molecule has 0 unspecified atom stereocenters. The van der Waals surface area contributed by atoms with Crippen LogP contribution in [-0.2, 0) is 9.53 Å². The summed E-state index contributed by atoms with van der Waals surface area (Å²) in [7, 11) is 5.63. The first-order chi connectivity index (χ1) is 14.9. The zero-order valence-electron chi connectivity index (χ0n) is 17.6. The molecule has 31 heavy (non-hydrogen) atoms. The lowest BCUT2D eigenvalue weighted by Gasteiger charge is -2.14. The number of rotatable bonds is 9. The van der Waals surface area contributed by atoms with E-state index in [2.05, 4.69) is 20.6 Å². The van der Waals surface area contributed by atoms with Gasteiger partial charge in [-0.05, 0) is 29.8 Å². The first kappa shape index (κ1) is 23.2. The molecule has 0 radical (unpaired) electrons. The zero-order chi connectivity index (χ0) is 22.8. The summed E-state index contributed by atoms with van der Waals surface area (Å²) < 4.78 is 20.2. The number of carbonyl (C=O) groups is 3. The van der Waals surface area contributed by atoms with E-state index < -0.39 is 17.8 Å². The monoisotopic (exact) mass is 429 g/mol. The molecule has 2 rings (SSSR count). The molecule has 10 nitrogen and oxygen atoms in total. The second kappa shape index (κ2) is 11.2. The number of hydrazone groups is 1. The summed E-state index contributed by atoms with van der Waals surface area (Å²) in [6.07, 6.45) is 1.40. The highest BCUT2D eigenvalue weighted by molar-refractivity contribution is 5.97. The van der Waals surface area contributed by atoms with Crippen LogP contribution in [0.3, 0.4) is 0 Å². The third-order valence-electron chi connectivity index (χ3n) is 4.07. The number of benzene rings is 2. The summed E-state index contributed by atoms with van der Waals surface area (Å²) in [4.78, 5) is 35.7. The standard InChI is InChI=1S/C21H23N3O7/c1-28-16-9-15(10-17(29-2)19(16)30-3)20(26)22-12-18(25)24-23-11-13-5-7-14(8-6-13)21(27)31-4/h5-11H,12H2,1-4H3,(H,22,26)(H,24,25)/b23-11+. The Morgan fingerprint density at radius 3 is 2.03 bits per heavy atom. The van der Waals surface area contributed by atoms with Gasteiger partial charge in [0.25, 0.3) is 11.8 Å². The SMILES string of the molecule is COC(=O)c1ccc(/C=N/NC(=O)CNC(=O)c2cc(OC)c(OC)c(OC)c2)cc1. The van der Waals surface area contributed by atoms with Crippen molar-refractivity contribution in [3.05, 3.63) is 53.1 Å². The van der Waals surface area contributed by atoms with Crippen molar-refractivity contribution in [3.63, 3.8) is 0 Å². The molecule has 0 saturated heterocycles. The van der Waals surface area contributed by atoms with Gasteiger partial charge in [-0.3, -0.25) is 9.59 Å².